The van der Waals surface area contributed by atoms with E-state index in [4.69, 9.17) is 4.74 Å². The molecule has 2 atom stereocenters. The van der Waals surface area contributed by atoms with Crippen LogP contribution in [-0.2, 0) is 18.3 Å². The van der Waals surface area contributed by atoms with E-state index in [2.05, 4.69) is 26.7 Å². The van der Waals surface area contributed by atoms with Crippen LogP contribution in [0.3, 0.4) is 0 Å². The number of hydrogen-bond acceptors (Lipinski definition) is 4. The van der Waals surface area contributed by atoms with E-state index >= 15 is 0 Å². The van der Waals surface area contributed by atoms with Gasteiger partial charge in [0.05, 0.1) is 20.2 Å². The van der Waals surface area contributed by atoms with E-state index in [-0.39, 0.29) is 11.8 Å². The Bertz CT molecular complexity index is 1140. The number of nitriles is 1. The zero-order valence-electron chi connectivity index (χ0n) is 18.7. The minimum atomic E-state index is -0.772. The third-order valence-corrected chi connectivity index (χ3v) is 5.27. The maximum Gasteiger partial charge on any atom is 0.268 e. The fourth-order valence-electron chi connectivity index (χ4n) is 3.61. The molecule has 3 rings (SSSR count). The summed E-state index contributed by atoms with van der Waals surface area (Å²) >= 11 is 0. The number of amides is 2. The van der Waals surface area contributed by atoms with Crippen LogP contribution in [0.1, 0.15) is 36.5 Å². The summed E-state index contributed by atoms with van der Waals surface area (Å²) in [6.07, 6.45) is 4.35. The SMILES string of the molecule is COc1cccc2[nH]c(C(=O)NC(CC(C)C)C(=O)NC(C#N)Cc3c[nH]c[n+]3C)cc12. The number of carbonyl (C=O) groups is 2. The highest BCUT2D eigenvalue weighted by Crippen LogP contribution is 2.26. The molecule has 0 aliphatic heterocycles. The van der Waals surface area contributed by atoms with Crippen LogP contribution in [0.5, 0.6) is 5.75 Å². The van der Waals surface area contributed by atoms with Crippen molar-refractivity contribution in [3.63, 3.8) is 0 Å². The van der Waals surface area contributed by atoms with E-state index < -0.39 is 18.0 Å². The van der Waals surface area contributed by atoms with Crippen molar-refractivity contribution in [1.29, 1.82) is 5.26 Å². The lowest BCUT2D eigenvalue weighted by Crippen LogP contribution is -2.51. The fourth-order valence-corrected chi connectivity index (χ4v) is 3.61. The van der Waals surface area contributed by atoms with Crippen molar-refractivity contribution in [1.82, 2.24) is 20.6 Å². The summed E-state index contributed by atoms with van der Waals surface area (Å²) in [6, 6.07) is 7.86. The zero-order valence-corrected chi connectivity index (χ0v) is 18.7. The van der Waals surface area contributed by atoms with Crippen LogP contribution in [-0.4, -0.2) is 41.0 Å². The van der Waals surface area contributed by atoms with Crippen LogP contribution in [0, 0.1) is 17.2 Å². The maximum atomic E-state index is 13.0. The summed E-state index contributed by atoms with van der Waals surface area (Å²) in [5, 5.41) is 15.9. The first-order chi connectivity index (χ1) is 15.3. The average Bonchev–Trinajstić information content (AvgIpc) is 3.38. The fraction of sp³-hybridized carbons (Fsp3) is 0.391. The first-order valence-electron chi connectivity index (χ1n) is 10.5. The van der Waals surface area contributed by atoms with Crippen LogP contribution in [0.2, 0.25) is 0 Å². The van der Waals surface area contributed by atoms with E-state index in [9.17, 15) is 14.9 Å². The smallest absolute Gasteiger partial charge is 0.268 e. The number of nitrogens with zero attached hydrogens (tertiary/aromatic N) is 2. The van der Waals surface area contributed by atoms with Gasteiger partial charge in [-0.1, -0.05) is 19.9 Å². The number of imidazole rings is 1. The number of aryl methyl sites for hydroxylation is 1. The third kappa shape index (κ3) is 5.27. The monoisotopic (exact) mass is 437 g/mol. The number of rotatable bonds is 9. The quantitative estimate of drug-likeness (QED) is 0.380. The normalized spacial score (nSPS) is 12.9. The summed E-state index contributed by atoms with van der Waals surface area (Å²) in [5.74, 6) is 0.0426. The lowest BCUT2D eigenvalue weighted by Gasteiger charge is -2.21. The summed E-state index contributed by atoms with van der Waals surface area (Å²) in [7, 11) is 3.43. The van der Waals surface area contributed by atoms with Gasteiger partial charge in [0.25, 0.3) is 5.91 Å². The van der Waals surface area contributed by atoms with E-state index in [0.717, 1.165) is 16.6 Å². The van der Waals surface area contributed by atoms with Gasteiger partial charge in [-0.05, 0) is 30.5 Å². The number of carbonyl (C=O) groups excluding carboxylic acids is 2. The van der Waals surface area contributed by atoms with Crippen LogP contribution < -0.4 is 19.9 Å². The minimum absolute atomic E-state index is 0.164. The Labute approximate surface area is 186 Å². The molecule has 0 saturated heterocycles. The van der Waals surface area contributed by atoms with Crippen molar-refractivity contribution in [3.8, 4) is 11.8 Å². The Morgan fingerprint density at radius 1 is 1.28 bits per heavy atom. The molecule has 168 valence electrons. The van der Waals surface area contributed by atoms with Crippen molar-refractivity contribution >= 4 is 22.7 Å². The molecule has 0 radical (unpaired) electrons. The Morgan fingerprint density at radius 3 is 2.69 bits per heavy atom. The number of ether oxygens (including phenoxy) is 1. The van der Waals surface area contributed by atoms with Crippen molar-refractivity contribution in [3.05, 3.63) is 48.2 Å². The second-order valence-corrected chi connectivity index (χ2v) is 8.20. The largest absolute Gasteiger partial charge is 0.496 e. The Kier molecular flexibility index (Phi) is 7.15. The number of fused-ring (bicyclic) bond motifs is 1. The maximum absolute atomic E-state index is 13.0. The number of H-pyrrole nitrogens is 2. The van der Waals surface area contributed by atoms with Gasteiger partial charge in [-0.25, -0.2) is 9.55 Å². The molecule has 0 bridgehead atoms. The molecular formula is C23H29N6O3+. The summed E-state index contributed by atoms with van der Waals surface area (Å²) in [6.45, 7) is 3.95. The molecule has 0 aliphatic carbocycles. The van der Waals surface area contributed by atoms with Gasteiger partial charge in [0.15, 0.2) is 0 Å². The van der Waals surface area contributed by atoms with Gasteiger partial charge in [0, 0.05) is 17.3 Å². The second-order valence-electron chi connectivity index (χ2n) is 8.20. The lowest BCUT2D eigenvalue weighted by atomic mass is 10.0. The van der Waals surface area contributed by atoms with E-state index in [1.165, 1.54) is 0 Å². The zero-order chi connectivity index (χ0) is 23.3. The van der Waals surface area contributed by atoms with Gasteiger partial charge in [-0.3, -0.25) is 9.59 Å². The van der Waals surface area contributed by atoms with Crippen LogP contribution in [0.15, 0.2) is 36.8 Å². The van der Waals surface area contributed by atoms with Gasteiger partial charge in [-0.2, -0.15) is 5.26 Å². The highest BCUT2D eigenvalue weighted by molar-refractivity contribution is 6.01. The van der Waals surface area contributed by atoms with Crippen molar-refractivity contribution in [2.75, 3.05) is 7.11 Å². The second kappa shape index (κ2) is 10.0. The van der Waals surface area contributed by atoms with Crippen LogP contribution >= 0.6 is 0 Å². The van der Waals surface area contributed by atoms with Gasteiger partial charge < -0.3 is 20.4 Å². The first kappa shape index (κ1) is 22.9. The Hall–Kier alpha value is -3.80. The van der Waals surface area contributed by atoms with Crippen LogP contribution in [0.4, 0.5) is 0 Å². The number of aromatic amines is 2. The lowest BCUT2D eigenvalue weighted by molar-refractivity contribution is -0.677. The molecule has 0 spiro atoms. The molecular weight excluding hydrogens is 408 g/mol. The predicted molar refractivity (Wildman–Crippen MR) is 119 cm³/mol. The number of hydrogen-bond donors (Lipinski definition) is 4. The average molecular weight is 438 g/mol. The molecule has 2 heterocycles. The molecule has 2 amide bonds. The molecule has 3 aromatic rings. The molecule has 32 heavy (non-hydrogen) atoms. The molecule has 9 heteroatoms. The highest BCUT2D eigenvalue weighted by Gasteiger charge is 2.26. The third-order valence-electron chi connectivity index (χ3n) is 5.27. The van der Waals surface area contributed by atoms with Gasteiger partial charge in [0.1, 0.15) is 35.4 Å². The van der Waals surface area contributed by atoms with Gasteiger partial charge >= 0.3 is 0 Å². The summed E-state index contributed by atoms with van der Waals surface area (Å²) in [4.78, 5) is 31.9. The van der Waals surface area contributed by atoms with E-state index in [1.807, 2.05) is 43.7 Å². The van der Waals surface area contributed by atoms with E-state index in [0.29, 0.717) is 24.3 Å². The number of methoxy groups -OCH3 is 1. The molecule has 0 aliphatic rings. The van der Waals surface area contributed by atoms with Crippen LogP contribution in [0.25, 0.3) is 10.9 Å². The molecule has 2 aromatic heterocycles. The molecule has 9 nitrogen and oxygen atoms in total. The number of aromatic nitrogens is 3. The molecule has 4 N–H and O–H groups in total. The van der Waals surface area contributed by atoms with Gasteiger partial charge in [0.2, 0.25) is 12.2 Å². The van der Waals surface area contributed by atoms with Crippen molar-refractivity contribution in [2.24, 2.45) is 13.0 Å². The molecule has 1 aromatic carbocycles. The summed E-state index contributed by atoms with van der Waals surface area (Å²) in [5.41, 5.74) is 1.99. The van der Waals surface area contributed by atoms with E-state index in [1.54, 1.807) is 25.7 Å². The van der Waals surface area contributed by atoms with Crippen molar-refractivity contribution in [2.45, 2.75) is 38.8 Å². The number of benzene rings is 1. The molecule has 0 saturated carbocycles. The molecule has 2 unspecified atom stereocenters. The standard InChI is InChI=1S/C23H28N6O3/c1-14(2)8-19(22(30)26-15(11-24)9-16-12-25-13-29(16)3)28-23(31)20-10-17-18(27-20)6-5-7-21(17)32-4/h5-7,10,12-15,19H,8-9H2,1-4H3,(H3,26,27,28,30,31)/p+1. The van der Waals surface area contributed by atoms with Gasteiger partial charge in [-0.15, -0.1) is 0 Å². The minimum Gasteiger partial charge on any atom is -0.496 e. The highest BCUT2D eigenvalue weighted by atomic mass is 16.5. The Balaban J connectivity index is 1.74. The summed E-state index contributed by atoms with van der Waals surface area (Å²) < 4.78 is 7.20. The first-order valence-corrected chi connectivity index (χ1v) is 10.5. The van der Waals surface area contributed by atoms with Crippen molar-refractivity contribution < 1.29 is 18.9 Å². The predicted octanol–water partition coefficient (Wildman–Crippen LogP) is 1.72. The molecule has 0 fully saturated rings. The number of nitrogens with one attached hydrogen (secondary N) is 4. The Morgan fingerprint density at radius 2 is 2.06 bits per heavy atom. The topological polar surface area (TPSA) is 127 Å².